The zero-order valence-corrected chi connectivity index (χ0v) is 24.8. The number of rotatable bonds is 8. The van der Waals surface area contributed by atoms with Crippen molar-refractivity contribution < 1.29 is 19.1 Å². The number of fused-ring (bicyclic) bond motifs is 1. The second-order valence-corrected chi connectivity index (χ2v) is 11.5. The highest BCUT2D eigenvalue weighted by atomic mass is 35.5. The normalized spacial score (nSPS) is 13.1. The van der Waals surface area contributed by atoms with E-state index in [9.17, 15) is 9.59 Å². The quantitative estimate of drug-likeness (QED) is 0.240. The molecule has 1 aromatic heterocycles. The van der Waals surface area contributed by atoms with Gasteiger partial charge >= 0.3 is 5.97 Å². The fraction of sp³-hybridized carbons (Fsp3) is 0.344. The molecule has 0 fully saturated rings. The SMILES string of the molecule is COC(=O)[C@@H](C)Oc1cc(Cl)cc(Cn2c(C)nc3cc(C(=O)N[C@@H](C)c4ccc(C(C)(C)C)cc4)ccc32)c1. The molecule has 1 heterocycles. The number of hydrogen-bond acceptors (Lipinski definition) is 5. The van der Waals surface area contributed by atoms with E-state index < -0.39 is 12.1 Å². The van der Waals surface area contributed by atoms with Gasteiger partial charge in [0.05, 0.1) is 24.2 Å². The lowest BCUT2D eigenvalue weighted by Crippen LogP contribution is -2.26. The highest BCUT2D eigenvalue weighted by molar-refractivity contribution is 6.30. The second-order valence-electron chi connectivity index (χ2n) is 11.1. The third-order valence-corrected chi connectivity index (χ3v) is 7.16. The molecule has 1 amide bonds. The van der Waals surface area contributed by atoms with E-state index >= 15 is 0 Å². The van der Waals surface area contributed by atoms with Crippen molar-refractivity contribution in [3.05, 3.63) is 93.8 Å². The largest absolute Gasteiger partial charge is 0.479 e. The van der Waals surface area contributed by atoms with Gasteiger partial charge in [0.2, 0.25) is 0 Å². The average Bonchev–Trinajstić information content (AvgIpc) is 3.21. The summed E-state index contributed by atoms with van der Waals surface area (Å²) < 4.78 is 12.5. The summed E-state index contributed by atoms with van der Waals surface area (Å²) in [6.07, 6.45) is -0.762. The Labute approximate surface area is 240 Å². The van der Waals surface area contributed by atoms with Gasteiger partial charge in [-0.15, -0.1) is 0 Å². The van der Waals surface area contributed by atoms with Gasteiger partial charge in [-0.3, -0.25) is 4.79 Å². The highest BCUT2D eigenvalue weighted by Gasteiger charge is 2.18. The van der Waals surface area contributed by atoms with Crippen molar-refractivity contribution in [3.8, 4) is 5.75 Å². The van der Waals surface area contributed by atoms with E-state index in [0.29, 0.717) is 22.9 Å². The van der Waals surface area contributed by atoms with E-state index in [4.69, 9.17) is 26.1 Å². The van der Waals surface area contributed by atoms with Crippen LogP contribution in [-0.2, 0) is 21.5 Å². The Kier molecular flexibility index (Phi) is 8.54. The fourth-order valence-corrected chi connectivity index (χ4v) is 4.85. The van der Waals surface area contributed by atoms with Crippen molar-refractivity contribution in [3.63, 3.8) is 0 Å². The lowest BCUT2D eigenvalue weighted by atomic mass is 9.86. The van der Waals surface area contributed by atoms with Gasteiger partial charge in [-0.25, -0.2) is 9.78 Å². The Morgan fingerprint density at radius 2 is 1.73 bits per heavy atom. The van der Waals surface area contributed by atoms with Crippen molar-refractivity contribution >= 4 is 34.5 Å². The minimum absolute atomic E-state index is 0.0773. The van der Waals surface area contributed by atoms with Crippen molar-refractivity contribution in [1.29, 1.82) is 0 Å². The minimum Gasteiger partial charge on any atom is -0.479 e. The van der Waals surface area contributed by atoms with Crippen LogP contribution in [0.25, 0.3) is 11.0 Å². The molecule has 40 heavy (non-hydrogen) atoms. The first kappa shape index (κ1) is 29.2. The van der Waals surface area contributed by atoms with E-state index in [-0.39, 0.29) is 17.4 Å². The molecule has 0 aliphatic carbocycles. The van der Waals surface area contributed by atoms with Gasteiger partial charge in [-0.1, -0.05) is 56.6 Å². The zero-order chi connectivity index (χ0) is 29.2. The number of halogens is 1. The summed E-state index contributed by atoms with van der Waals surface area (Å²) in [5, 5.41) is 3.59. The van der Waals surface area contributed by atoms with E-state index in [1.54, 1.807) is 13.0 Å². The average molecular weight is 562 g/mol. The van der Waals surface area contributed by atoms with E-state index in [0.717, 1.165) is 28.0 Å². The van der Waals surface area contributed by atoms with Crippen molar-refractivity contribution in [1.82, 2.24) is 14.9 Å². The maximum Gasteiger partial charge on any atom is 0.346 e. The second kappa shape index (κ2) is 11.7. The van der Waals surface area contributed by atoms with Crippen LogP contribution in [0, 0.1) is 6.92 Å². The first-order valence-corrected chi connectivity index (χ1v) is 13.7. The van der Waals surface area contributed by atoms with E-state index in [2.05, 4.69) is 54.9 Å². The molecule has 0 radical (unpaired) electrons. The number of hydrogen-bond donors (Lipinski definition) is 1. The number of nitrogens with zero attached hydrogens (tertiary/aromatic N) is 2. The van der Waals surface area contributed by atoms with E-state index in [1.165, 1.54) is 12.7 Å². The van der Waals surface area contributed by atoms with Crippen LogP contribution < -0.4 is 10.1 Å². The van der Waals surface area contributed by atoms with Crippen LogP contribution in [0.4, 0.5) is 0 Å². The predicted octanol–water partition coefficient (Wildman–Crippen LogP) is 6.78. The molecule has 7 nitrogen and oxygen atoms in total. The fourth-order valence-electron chi connectivity index (χ4n) is 4.61. The Morgan fingerprint density at radius 1 is 1.02 bits per heavy atom. The number of amides is 1. The van der Waals surface area contributed by atoms with Crippen LogP contribution >= 0.6 is 11.6 Å². The first-order chi connectivity index (χ1) is 18.8. The molecule has 0 saturated carbocycles. The number of imidazole rings is 1. The summed E-state index contributed by atoms with van der Waals surface area (Å²) in [6.45, 7) is 12.6. The molecule has 4 aromatic rings. The van der Waals surface area contributed by atoms with Gasteiger partial charge < -0.3 is 19.4 Å². The Balaban J connectivity index is 1.51. The molecule has 1 N–H and O–H groups in total. The topological polar surface area (TPSA) is 82.5 Å². The number of benzene rings is 3. The molecule has 0 aliphatic rings. The molecule has 8 heteroatoms. The van der Waals surface area contributed by atoms with Gasteiger partial charge in [0.25, 0.3) is 5.91 Å². The molecule has 0 saturated heterocycles. The number of aromatic nitrogens is 2. The summed E-state index contributed by atoms with van der Waals surface area (Å²) in [5.41, 5.74) is 5.43. The predicted molar refractivity (Wildman–Crippen MR) is 158 cm³/mol. The molecule has 0 aliphatic heterocycles. The smallest absolute Gasteiger partial charge is 0.346 e. The van der Waals surface area contributed by atoms with Crippen molar-refractivity contribution in [2.45, 2.75) is 65.6 Å². The van der Waals surface area contributed by atoms with Crippen LogP contribution in [-0.4, -0.2) is 34.6 Å². The standard InChI is InChI=1S/C32H36ClN3O4/c1-19(23-8-11-25(12-9-23)32(4,5)6)34-30(37)24-10-13-29-28(16-24)35-21(3)36(29)18-22-14-26(33)17-27(15-22)40-20(2)31(38)39-7/h8-17,19-20H,18H2,1-7H3,(H,34,37)/t19-,20+/m0/s1. The lowest BCUT2D eigenvalue weighted by molar-refractivity contribution is -0.147. The summed E-state index contributed by atoms with van der Waals surface area (Å²) in [6, 6.07) is 19.1. The molecule has 2 atom stereocenters. The molecule has 0 unspecified atom stereocenters. The number of esters is 1. The van der Waals surface area contributed by atoms with Gasteiger partial charge in [-0.05, 0) is 79.3 Å². The molecule has 4 rings (SSSR count). The highest BCUT2D eigenvalue weighted by Crippen LogP contribution is 2.26. The summed E-state index contributed by atoms with van der Waals surface area (Å²) >= 11 is 6.35. The summed E-state index contributed by atoms with van der Waals surface area (Å²) in [4.78, 5) is 29.6. The van der Waals surface area contributed by atoms with Crippen LogP contribution in [0.3, 0.4) is 0 Å². The number of nitrogens with one attached hydrogen (secondary N) is 1. The van der Waals surface area contributed by atoms with Crippen molar-refractivity contribution in [2.75, 3.05) is 7.11 Å². The summed E-state index contributed by atoms with van der Waals surface area (Å²) in [7, 11) is 1.32. The lowest BCUT2D eigenvalue weighted by Gasteiger charge is -2.20. The Hall–Kier alpha value is -3.84. The van der Waals surface area contributed by atoms with Gasteiger partial charge in [0.1, 0.15) is 11.6 Å². The first-order valence-electron chi connectivity index (χ1n) is 13.3. The van der Waals surface area contributed by atoms with Crippen LogP contribution in [0.5, 0.6) is 5.75 Å². The molecule has 210 valence electrons. The van der Waals surface area contributed by atoms with Gasteiger partial charge in [-0.2, -0.15) is 0 Å². The number of carbonyl (C=O) groups is 2. The maximum atomic E-state index is 13.1. The number of carbonyl (C=O) groups excluding carboxylic acids is 2. The van der Waals surface area contributed by atoms with Crippen LogP contribution in [0.1, 0.15) is 73.5 Å². The van der Waals surface area contributed by atoms with Crippen LogP contribution in [0.2, 0.25) is 5.02 Å². The summed E-state index contributed by atoms with van der Waals surface area (Å²) in [5.74, 6) is 0.650. The molecule has 3 aromatic carbocycles. The number of ether oxygens (including phenoxy) is 2. The Bertz CT molecular complexity index is 1540. The molecular weight excluding hydrogens is 526 g/mol. The number of methoxy groups -OCH3 is 1. The monoisotopic (exact) mass is 561 g/mol. The Morgan fingerprint density at radius 3 is 2.38 bits per heavy atom. The molecule has 0 spiro atoms. The van der Waals surface area contributed by atoms with Gasteiger partial charge in [0, 0.05) is 17.1 Å². The maximum absolute atomic E-state index is 13.1. The van der Waals surface area contributed by atoms with Gasteiger partial charge in [0.15, 0.2) is 6.10 Å². The zero-order valence-electron chi connectivity index (χ0n) is 24.0. The van der Waals surface area contributed by atoms with Crippen LogP contribution in [0.15, 0.2) is 60.7 Å². The molecular formula is C32H36ClN3O4. The third kappa shape index (κ3) is 6.65. The van der Waals surface area contributed by atoms with E-state index in [1.807, 2.05) is 44.2 Å². The third-order valence-electron chi connectivity index (χ3n) is 6.94. The minimum atomic E-state index is -0.762. The van der Waals surface area contributed by atoms with Crippen molar-refractivity contribution in [2.24, 2.45) is 0 Å². The molecule has 0 bridgehead atoms. The number of aryl methyl sites for hydroxylation is 1.